The number of nitriles is 1. The topological polar surface area (TPSA) is 124 Å². The average molecular weight is 533 g/mol. The van der Waals surface area contributed by atoms with E-state index < -0.39 is 17.3 Å². The van der Waals surface area contributed by atoms with E-state index in [4.69, 9.17) is 15.5 Å². The van der Waals surface area contributed by atoms with Crippen molar-refractivity contribution < 1.29 is 13.9 Å². The van der Waals surface area contributed by atoms with Gasteiger partial charge in [-0.25, -0.2) is 14.4 Å². The Morgan fingerprint density at radius 2 is 2.05 bits per heavy atom. The molecule has 0 unspecified atom stereocenters. The van der Waals surface area contributed by atoms with Crippen LogP contribution in [-0.4, -0.2) is 73.2 Å². The third-order valence-corrected chi connectivity index (χ3v) is 8.45. The smallest absolute Gasteiger partial charge is 0.236 e. The third kappa shape index (κ3) is 3.95. The molecule has 1 aromatic carbocycles. The summed E-state index contributed by atoms with van der Waals surface area (Å²) in [5.74, 6) is -0.464. The van der Waals surface area contributed by atoms with Crippen molar-refractivity contribution in [2.45, 2.75) is 5.54 Å². The number of fused-ring (bicyclic) bond motifs is 1. The van der Waals surface area contributed by atoms with Crippen LogP contribution in [0.5, 0.6) is 0 Å². The predicted molar refractivity (Wildman–Crippen MR) is 141 cm³/mol. The molecule has 6 rings (SSSR count). The highest BCUT2D eigenvalue weighted by Crippen LogP contribution is 2.47. The first-order valence-corrected chi connectivity index (χ1v) is 13.1. The van der Waals surface area contributed by atoms with Gasteiger partial charge >= 0.3 is 0 Å². The molecule has 0 aliphatic carbocycles. The van der Waals surface area contributed by atoms with Crippen molar-refractivity contribution in [1.29, 1.82) is 5.26 Å². The molecule has 2 atom stereocenters. The molecule has 2 N–H and O–H groups in total. The lowest BCUT2D eigenvalue weighted by Crippen LogP contribution is -2.54. The monoisotopic (exact) mass is 532 g/mol. The van der Waals surface area contributed by atoms with Crippen LogP contribution in [0, 0.1) is 23.1 Å². The number of benzene rings is 1. The van der Waals surface area contributed by atoms with E-state index >= 15 is 0 Å². The SMILES string of the molecule is CN1C(=O)[C@@H]2CN(c3ncc(F)c(N4CCOCC4)n3)C[C@]2(c2cc(-c3cccc(C#N)c3)cs2)N=C1N. The summed E-state index contributed by atoms with van der Waals surface area (Å²) in [6.45, 7) is 2.70. The summed E-state index contributed by atoms with van der Waals surface area (Å²) in [6, 6.07) is 11.6. The molecule has 0 radical (unpaired) electrons. The molecule has 2 saturated heterocycles. The van der Waals surface area contributed by atoms with Crippen LogP contribution in [0.3, 0.4) is 0 Å². The van der Waals surface area contributed by atoms with Gasteiger partial charge in [0.1, 0.15) is 5.54 Å². The van der Waals surface area contributed by atoms with E-state index in [2.05, 4.69) is 16.0 Å². The Bertz CT molecular complexity index is 1480. The lowest BCUT2D eigenvalue weighted by Gasteiger charge is -2.36. The third-order valence-electron chi connectivity index (χ3n) is 7.36. The summed E-state index contributed by atoms with van der Waals surface area (Å²) in [5, 5.41) is 11.3. The number of morpholine rings is 1. The van der Waals surface area contributed by atoms with Gasteiger partial charge in [-0.05, 0) is 34.7 Å². The van der Waals surface area contributed by atoms with Crippen LogP contribution in [0.1, 0.15) is 10.4 Å². The standard InChI is InChI=1S/C26H25FN8O2S/c1-33-23(36)19-13-35(25-30-12-20(27)22(31-25)34-5-7-37-8-6-34)15-26(19,32-24(33)29)21-10-18(14-38-21)17-4-2-3-16(9-17)11-28/h2-4,9-10,12,14,19H,5-8,13,15H2,1H3,(H2,29,32)/t19-,26-/m0/s1. The zero-order valence-corrected chi connectivity index (χ0v) is 21.5. The number of hydrogen-bond donors (Lipinski definition) is 1. The number of guanidine groups is 1. The maximum atomic E-state index is 14.7. The van der Waals surface area contributed by atoms with E-state index in [0.29, 0.717) is 50.9 Å². The summed E-state index contributed by atoms with van der Waals surface area (Å²) in [5.41, 5.74) is 7.70. The highest BCUT2D eigenvalue weighted by atomic mass is 32.1. The van der Waals surface area contributed by atoms with Crippen molar-refractivity contribution in [2.24, 2.45) is 16.6 Å². The molecule has 2 fully saturated rings. The van der Waals surface area contributed by atoms with Crippen molar-refractivity contribution in [3.05, 3.63) is 58.2 Å². The van der Waals surface area contributed by atoms with Gasteiger partial charge in [0.2, 0.25) is 11.9 Å². The maximum Gasteiger partial charge on any atom is 0.236 e. The number of rotatable bonds is 4. The lowest BCUT2D eigenvalue weighted by atomic mass is 9.83. The van der Waals surface area contributed by atoms with Gasteiger partial charge in [0.25, 0.3) is 0 Å². The summed E-state index contributed by atoms with van der Waals surface area (Å²) < 4.78 is 20.1. The number of amides is 1. The van der Waals surface area contributed by atoms with E-state index in [-0.39, 0.29) is 17.7 Å². The van der Waals surface area contributed by atoms with Gasteiger partial charge in [0.05, 0.1) is 43.5 Å². The van der Waals surface area contributed by atoms with E-state index in [9.17, 15) is 14.4 Å². The molecule has 10 nitrogen and oxygen atoms in total. The van der Waals surface area contributed by atoms with E-state index in [1.54, 1.807) is 13.1 Å². The maximum absolute atomic E-state index is 14.7. The number of aliphatic imine (C=N–C) groups is 1. The minimum absolute atomic E-state index is 0.142. The van der Waals surface area contributed by atoms with Crippen LogP contribution < -0.4 is 15.5 Å². The van der Waals surface area contributed by atoms with Crippen molar-refractivity contribution in [1.82, 2.24) is 14.9 Å². The van der Waals surface area contributed by atoms with Gasteiger partial charge in [-0.2, -0.15) is 10.2 Å². The second-order valence-electron chi connectivity index (χ2n) is 9.56. The van der Waals surface area contributed by atoms with Gasteiger partial charge in [0, 0.05) is 31.6 Å². The number of halogens is 1. The Labute approximate surface area is 222 Å². The zero-order chi connectivity index (χ0) is 26.4. The Kier molecular flexibility index (Phi) is 5.97. The minimum atomic E-state index is -0.944. The highest BCUT2D eigenvalue weighted by molar-refractivity contribution is 7.10. The molecule has 0 spiro atoms. The first kappa shape index (κ1) is 24.3. The highest BCUT2D eigenvalue weighted by Gasteiger charge is 2.56. The number of anilines is 2. The molecule has 12 heteroatoms. The van der Waals surface area contributed by atoms with Crippen LogP contribution in [0.2, 0.25) is 0 Å². The van der Waals surface area contributed by atoms with Gasteiger partial charge in [-0.3, -0.25) is 9.69 Å². The molecule has 2 aromatic heterocycles. The fourth-order valence-electron chi connectivity index (χ4n) is 5.30. The molecular formula is C26H25FN8O2S. The molecule has 1 amide bonds. The normalized spacial score (nSPS) is 23.3. The Morgan fingerprint density at radius 3 is 2.84 bits per heavy atom. The Balaban J connectivity index is 1.39. The summed E-state index contributed by atoms with van der Waals surface area (Å²) in [6.07, 6.45) is 1.18. The fraction of sp³-hybridized carbons (Fsp3) is 0.346. The van der Waals surface area contributed by atoms with E-state index in [1.807, 2.05) is 39.4 Å². The predicted octanol–water partition coefficient (Wildman–Crippen LogP) is 2.17. The summed E-state index contributed by atoms with van der Waals surface area (Å²) in [7, 11) is 1.62. The van der Waals surface area contributed by atoms with Crippen LogP contribution in [0.4, 0.5) is 16.2 Å². The van der Waals surface area contributed by atoms with Gasteiger partial charge in [0.15, 0.2) is 17.6 Å². The second kappa shape index (κ2) is 9.34. The minimum Gasteiger partial charge on any atom is -0.378 e. The van der Waals surface area contributed by atoms with Crippen molar-refractivity contribution in [3.63, 3.8) is 0 Å². The van der Waals surface area contributed by atoms with Crippen LogP contribution in [0.25, 0.3) is 11.1 Å². The first-order valence-electron chi connectivity index (χ1n) is 12.2. The van der Waals surface area contributed by atoms with Gasteiger partial charge < -0.3 is 20.3 Å². The molecule has 0 saturated carbocycles. The number of aromatic nitrogens is 2. The quantitative estimate of drug-likeness (QED) is 0.542. The molecule has 0 bridgehead atoms. The number of carbonyl (C=O) groups is 1. The van der Waals surface area contributed by atoms with E-state index in [1.165, 1.54) is 22.4 Å². The zero-order valence-electron chi connectivity index (χ0n) is 20.7. The Hall–Kier alpha value is -4.08. The number of thiophene rings is 1. The molecule has 3 aliphatic heterocycles. The summed E-state index contributed by atoms with van der Waals surface area (Å²) in [4.78, 5) is 33.2. The largest absolute Gasteiger partial charge is 0.378 e. The van der Waals surface area contributed by atoms with Crippen molar-refractivity contribution in [3.8, 4) is 17.2 Å². The molecule has 3 aliphatic rings. The lowest BCUT2D eigenvalue weighted by molar-refractivity contribution is -0.132. The first-order chi connectivity index (χ1) is 18.4. The molecule has 3 aromatic rings. The van der Waals surface area contributed by atoms with E-state index in [0.717, 1.165) is 16.0 Å². The van der Waals surface area contributed by atoms with Crippen molar-refractivity contribution >= 4 is 35.0 Å². The number of nitrogens with two attached hydrogens (primary N) is 1. The molecule has 5 heterocycles. The molecular weight excluding hydrogens is 507 g/mol. The number of ether oxygens (including phenoxy) is 1. The van der Waals surface area contributed by atoms with Crippen LogP contribution in [-0.2, 0) is 15.1 Å². The van der Waals surface area contributed by atoms with Crippen LogP contribution in [0.15, 0.2) is 46.9 Å². The summed E-state index contributed by atoms with van der Waals surface area (Å²) >= 11 is 1.50. The Morgan fingerprint density at radius 1 is 1.24 bits per heavy atom. The number of hydrogen-bond acceptors (Lipinski definition) is 10. The van der Waals surface area contributed by atoms with Crippen LogP contribution >= 0.6 is 11.3 Å². The van der Waals surface area contributed by atoms with Crippen molar-refractivity contribution in [2.75, 3.05) is 56.2 Å². The fourth-order valence-corrected chi connectivity index (χ4v) is 6.41. The molecule has 38 heavy (non-hydrogen) atoms. The number of nitrogens with zero attached hydrogens (tertiary/aromatic N) is 7. The second-order valence-corrected chi connectivity index (χ2v) is 10.5. The van der Waals surface area contributed by atoms with Gasteiger partial charge in [-0.1, -0.05) is 12.1 Å². The molecule has 194 valence electrons. The number of carbonyl (C=O) groups excluding carboxylic acids is 1. The van der Waals surface area contributed by atoms with Gasteiger partial charge in [-0.15, -0.1) is 11.3 Å². The average Bonchev–Trinajstić information content (AvgIpc) is 3.59.